The summed E-state index contributed by atoms with van der Waals surface area (Å²) in [5.74, 6) is -0.224. The first-order valence-corrected chi connectivity index (χ1v) is 11.4. The lowest BCUT2D eigenvalue weighted by molar-refractivity contribution is -0.136. The molecule has 0 radical (unpaired) electrons. The van der Waals surface area contributed by atoms with Gasteiger partial charge in [-0.15, -0.1) is 0 Å². The molecule has 3 aromatic carbocycles. The van der Waals surface area contributed by atoms with Crippen molar-refractivity contribution >= 4 is 28.9 Å². The predicted molar refractivity (Wildman–Crippen MR) is 133 cm³/mol. The van der Waals surface area contributed by atoms with E-state index in [2.05, 4.69) is 33.7 Å². The zero-order valence-electron chi connectivity index (χ0n) is 19.6. The topological polar surface area (TPSA) is 79.9 Å². The molecule has 0 fully saturated rings. The molecule has 7 nitrogen and oxygen atoms in total. The Labute approximate surface area is 199 Å². The maximum absolute atomic E-state index is 12.5. The maximum Gasteiger partial charge on any atom is 0.313 e. The van der Waals surface area contributed by atoms with Gasteiger partial charge in [-0.25, -0.2) is 0 Å². The molecule has 1 aliphatic heterocycles. The molecule has 4 rings (SSSR count). The highest BCUT2D eigenvalue weighted by molar-refractivity contribution is 6.39. The first-order valence-electron chi connectivity index (χ1n) is 11.4. The minimum Gasteiger partial charge on any atom is -0.493 e. The highest BCUT2D eigenvalue weighted by Gasteiger charge is 2.21. The third-order valence-electron chi connectivity index (χ3n) is 5.87. The lowest BCUT2D eigenvalue weighted by atomic mass is 10.1. The van der Waals surface area contributed by atoms with E-state index >= 15 is 0 Å². The Bertz CT molecular complexity index is 1180. The molecule has 0 spiro atoms. The van der Waals surface area contributed by atoms with E-state index in [4.69, 9.17) is 9.47 Å². The SMILES string of the molecule is CCOc1ccc(C(C)NC(=O)C(=O)Nc2ccc(N3CCc4ccccc43)cc2)cc1OC. The highest BCUT2D eigenvalue weighted by atomic mass is 16.5. The first kappa shape index (κ1) is 23.2. The summed E-state index contributed by atoms with van der Waals surface area (Å²) in [7, 11) is 1.56. The molecule has 0 saturated carbocycles. The molecule has 1 aliphatic rings. The largest absolute Gasteiger partial charge is 0.493 e. The Morgan fingerprint density at radius 1 is 1.00 bits per heavy atom. The fourth-order valence-corrected chi connectivity index (χ4v) is 4.09. The monoisotopic (exact) mass is 459 g/mol. The Kier molecular flexibility index (Phi) is 7.01. The van der Waals surface area contributed by atoms with Gasteiger partial charge in [-0.3, -0.25) is 9.59 Å². The van der Waals surface area contributed by atoms with E-state index in [1.54, 1.807) is 19.2 Å². The molecule has 0 aliphatic carbocycles. The molecular weight excluding hydrogens is 430 g/mol. The van der Waals surface area contributed by atoms with Crippen LogP contribution in [0.4, 0.5) is 17.1 Å². The van der Waals surface area contributed by atoms with Crippen molar-refractivity contribution < 1.29 is 19.1 Å². The van der Waals surface area contributed by atoms with Crippen molar-refractivity contribution in [2.75, 3.05) is 30.5 Å². The van der Waals surface area contributed by atoms with Crippen molar-refractivity contribution in [2.24, 2.45) is 0 Å². The summed E-state index contributed by atoms with van der Waals surface area (Å²) >= 11 is 0. The van der Waals surface area contributed by atoms with Crippen LogP contribution in [0, 0.1) is 0 Å². The van der Waals surface area contributed by atoms with Crippen molar-refractivity contribution in [1.29, 1.82) is 0 Å². The van der Waals surface area contributed by atoms with Crippen LogP contribution < -0.4 is 25.0 Å². The number of hydrogen-bond acceptors (Lipinski definition) is 5. The number of rotatable bonds is 7. The number of anilines is 3. The number of ether oxygens (including phenoxy) is 2. The zero-order chi connectivity index (χ0) is 24.1. The number of carbonyl (C=O) groups is 2. The first-order chi connectivity index (χ1) is 16.5. The van der Waals surface area contributed by atoms with Gasteiger partial charge in [0.05, 0.1) is 19.8 Å². The molecule has 3 aromatic rings. The summed E-state index contributed by atoms with van der Waals surface area (Å²) < 4.78 is 10.9. The summed E-state index contributed by atoms with van der Waals surface area (Å²) in [5, 5.41) is 5.40. The van der Waals surface area contributed by atoms with Gasteiger partial charge in [-0.1, -0.05) is 24.3 Å². The summed E-state index contributed by atoms with van der Waals surface area (Å²) in [6.45, 7) is 5.15. The molecule has 1 atom stereocenters. The third-order valence-corrected chi connectivity index (χ3v) is 5.87. The number of para-hydroxylation sites is 1. The summed E-state index contributed by atoms with van der Waals surface area (Å²) in [5.41, 5.74) is 4.95. The third kappa shape index (κ3) is 4.98. The number of fused-ring (bicyclic) bond motifs is 1. The molecule has 176 valence electrons. The second-order valence-corrected chi connectivity index (χ2v) is 8.07. The van der Waals surface area contributed by atoms with Gasteiger partial charge in [0.25, 0.3) is 0 Å². The molecule has 1 heterocycles. The van der Waals surface area contributed by atoms with Gasteiger partial charge >= 0.3 is 11.8 Å². The lowest BCUT2D eigenvalue weighted by Gasteiger charge is -2.20. The number of carbonyl (C=O) groups excluding carboxylic acids is 2. The quantitative estimate of drug-likeness (QED) is 0.505. The number of amides is 2. The van der Waals surface area contributed by atoms with E-state index in [0.717, 1.165) is 24.2 Å². The molecule has 0 aromatic heterocycles. The molecule has 7 heteroatoms. The molecule has 2 N–H and O–H groups in total. The molecule has 0 bridgehead atoms. The number of benzene rings is 3. The van der Waals surface area contributed by atoms with Gasteiger partial charge in [-0.05, 0) is 73.9 Å². The van der Waals surface area contributed by atoms with E-state index in [-0.39, 0.29) is 6.04 Å². The number of methoxy groups -OCH3 is 1. The van der Waals surface area contributed by atoms with Gasteiger partial charge in [0.1, 0.15) is 0 Å². The van der Waals surface area contributed by atoms with Crippen LogP contribution in [0.2, 0.25) is 0 Å². The van der Waals surface area contributed by atoms with Crippen LogP contribution in [0.25, 0.3) is 0 Å². The molecule has 1 unspecified atom stereocenters. The second kappa shape index (κ2) is 10.3. The zero-order valence-corrected chi connectivity index (χ0v) is 19.6. The fraction of sp³-hybridized carbons (Fsp3) is 0.259. The average Bonchev–Trinajstić information content (AvgIpc) is 3.29. The van der Waals surface area contributed by atoms with Crippen LogP contribution in [-0.2, 0) is 16.0 Å². The minimum atomic E-state index is -0.719. The van der Waals surface area contributed by atoms with Crippen molar-refractivity contribution in [1.82, 2.24) is 5.32 Å². The van der Waals surface area contributed by atoms with Crippen LogP contribution in [-0.4, -0.2) is 32.1 Å². The summed E-state index contributed by atoms with van der Waals surface area (Å²) in [6.07, 6.45) is 1.01. The minimum absolute atomic E-state index is 0.388. The van der Waals surface area contributed by atoms with Crippen LogP contribution in [0.5, 0.6) is 11.5 Å². The van der Waals surface area contributed by atoms with Crippen molar-refractivity contribution in [3.63, 3.8) is 0 Å². The summed E-state index contributed by atoms with van der Waals surface area (Å²) in [4.78, 5) is 27.2. The van der Waals surface area contributed by atoms with Gasteiger partial charge in [0.15, 0.2) is 11.5 Å². The van der Waals surface area contributed by atoms with Gasteiger partial charge in [0.2, 0.25) is 0 Å². The van der Waals surface area contributed by atoms with Crippen molar-refractivity contribution in [3.8, 4) is 11.5 Å². The maximum atomic E-state index is 12.5. The normalized spacial score (nSPS) is 13.1. The lowest BCUT2D eigenvalue weighted by Crippen LogP contribution is -2.36. The Morgan fingerprint density at radius 2 is 1.76 bits per heavy atom. The highest BCUT2D eigenvalue weighted by Crippen LogP contribution is 2.34. The Hall–Kier alpha value is -4.00. The van der Waals surface area contributed by atoms with Gasteiger partial charge < -0.3 is 25.0 Å². The Balaban J connectivity index is 1.36. The average molecular weight is 460 g/mol. The molecule has 34 heavy (non-hydrogen) atoms. The van der Waals surface area contributed by atoms with Crippen LogP contribution in [0.3, 0.4) is 0 Å². The Morgan fingerprint density at radius 3 is 2.50 bits per heavy atom. The van der Waals surface area contributed by atoms with E-state index in [1.807, 2.05) is 50.2 Å². The number of nitrogens with zero attached hydrogens (tertiary/aromatic N) is 1. The van der Waals surface area contributed by atoms with Crippen molar-refractivity contribution in [2.45, 2.75) is 26.3 Å². The van der Waals surface area contributed by atoms with E-state index < -0.39 is 11.8 Å². The van der Waals surface area contributed by atoms with Crippen LogP contribution in [0.15, 0.2) is 66.7 Å². The van der Waals surface area contributed by atoms with Crippen LogP contribution >= 0.6 is 0 Å². The van der Waals surface area contributed by atoms with E-state index in [9.17, 15) is 9.59 Å². The van der Waals surface area contributed by atoms with Crippen molar-refractivity contribution in [3.05, 3.63) is 77.9 Å². The predicted octanol–water partition coefficient (Wildman–Crippen LogP) is 4.60. The molecule has 2 amide bonds. The molecular formula is C27H29N3O4. The molecule has 0 saturated heterocycles. The number of hydrogen-bond donors (Lipinski definition) is 2. The fourth-order valence-electron chi connectivity index (χ4n) is 4.09. The van der Waals surface area contributed by atoms with E-state index in [1.165, 1.54) is 11.3 Å². The standard InChI is InChI=1S/C27H29N3O4/c1-4-34-24-14-9-20(17-25(24)33-3)18(2)28-26(31)27(32)29-21-10-12-22(13-11-21)30-16-15-19-7-5-6-8-23(19)30/h5-14,17-18H,4,15-16H2,1-3H3,(H,28,31)(H,29,32). The van der Waals surface area contributed by atoms with E-state index in [0.29, 0.717) is 23.8 Å². The van der Waals surface area contributed by atoms with Gasteiger partial charge in [-0.2, -0.15) is 0 Å². The van der Waals surface area contributed by atoms with Gasteiger partial charge in [0, 0.05) is 23.6 Å². The van der Waals surface area contributed by atoms with Crippen LogP contribution in [0.1, 0.15) is 31.0 Å². The smallest absolute Gasteiger partial charge is 0.313 e. The summed E-state index contributed by atoms with van der Waals surface area (Å²) in [6, 6.07) is 20.9. The second-order valence-electron chi connectivity index (χ2n) is 8.07. The number of nitrogens with one attached hydrogen (secondary N) is 2.